The van der Waals surface area contributed by atoms with Crippen LogP contribution in [0.25, 0.3) is 0 Å². The van der Waals surface area contributed by atoms with Gasteiger partial charge in [-0.3, -0.25) is 0 Å². The number of nitrogens with zero attached hydrogens (tertiary/aromatic N) is 2. The maximum Gasteiger partial charge on any atom is 0.123 e. The Bertz CT molecular complexity index is 1010. The van der Waals surface area contributed by atoms with Gasteiger partial charge >= 0.3 is 0 Å². The van der Waals surface area contributed by atoms with E-state index in [0.717, 1.165) is 38.0 Å². The van der Waals surface area contributed by atoms with E-state index < -0.39 is 6.10 Å². The van der Waals surface area contributed by atoms with E-state index in [1.807, 2.05) is 0 Å². The SMILES string of the molecule is OC(CCCN1CC[C@H]2[C@@H](C1)c1ccccc1N2c1ccccc1)c1ccc(F)cc1. The van der Waals surface area contributed by atoms with E-state index in [2.05, 4.69) is 64.4 Å². The molecule has 1 N–H and O–H groups in total. The molecule has 0 amide bonds. The van der Waals surface area contributed by atoms with E-state index in [0.29, 0.717) is 18.4 Å². The molecule has 3 atom stereocenters. The van der Waals surface area contributed by atoms with E-state index in [-0.39, 0.29) is 5.82 Å². The number of halogens is 1. The number of piperidine rings is 1. The summed E-state index contributed by atoms with van der Waals surface area (Å²) in [5, 5.41) is 10.4. The van der Waals surface area contributed by atoms with Crippen LogP contribution in [0.5, 0.6) is 0 Å². The zero-order chi connectivity index (χ0) is 21.2. The van der Waals surface area contributed by atoms with E-state index in [1.54, 1.807) is 12.1 Å². The highest BCUT2D eigenvalue weighted by atomic mass is 19.1. The van der Waals surface area contributed by atoms with Crippen molar-refractivity contribution < 1.29 is 9.50 Å². The van der Waals surface area contributed by atoms with Gasteiger partial charge in [-0.25, -0.2) is 4.39 Å². The average Bonchev–Trinajstić information content (AvgIpc) is 3.14. The van der Waals surface area contributed by atoms with Crippen molar-refractivity contribution in [1.29, 1.82) is 0 Å². The number of rotatable bonds is 6. The first kappa shape index (κ1) is 20.2. The molecule has 1 saturated heterocycles. The largest absolute Gasteiger partial charge is 0.388 e. The predicted octanol–water partition coefficient (Wildman–Crippen LogP) is 5.65. The second-order valence-electron chi connectivity index (χ2n) is 8.74. The molecule has 0 saturated carbocycles. The second kappa shape index (κ2) is 8.81. The van der Waals surface area contributed by atoms with Gasteiger partial charge in [0.2, 0.25) is 0 Å². The summed E-state index contributed by atoms with van der Waals surface area (Å²) in [5.41, 5.74) is 4.87. The van der Waals surface area contributed by atoms with Crippen LogP contribution in [-0.4, -0.2) is 35.7 Å². The molecule has 5 rings (SSSR count). The molecule has 31 heavy (non-hydrogen) atoms. The van der Waals surface area contributed by atoms with Crippen molar-refractivity contribution in [1.82, 2.24) is 4.90 Å². The summed E-state index contributed by atoms with van der Waals surface area (Å²) in [6, 6.07) is 26.3. The van der Waals surface area contributed by atoms with Crippen LogP contribution in [0.3, 0.4) is 0 Å². The summed E-state index contributed by atoms with van der Waals surface area (Å²) < 4.78 is 13.1. The van der Waals surface area contributed by atoms with Gasteiger partial charge in [-0.1, -0.05) is 48.5 Å². The van der Waals surface area contributed by atoms with Crippen LogP contribution < -0.4 is 4.90 Å². The molecule has 0 aromatic heterocycles. The second-order valence-corrected chi connectivity index (χ2v) is 8.74. The molecule has 2 heterocycles. The third-order valence-corrected chi connectivity index (χ3v) is 6.83. The maximum absolute atomic E-state index is 13.1. The van der Waals surface area contributed by atoms with Crippen LogP contribution in [-0.2, 0) is 0 Å². The fourth-order valence-corrected chi connectivity index (χ4v) is 5.30. The molecule has 2 aliphatic rings. The molecule has 3 aromatic carbocycles. The molecule has 1 fully saturated rings. The molecular weight excluding hydrogens is 387 g/mol. The Balaban J connectivity index is 1.24. The van der Waals surface area contributed by atoms with E-state index >= 15 is 0 Å². The highest BCUT2D eigenvalue weighted by Gasteiger charge is 2.42. The quantitative estimate of drug-likeness (QED) is 0.563. The van der Waals surface area contributed by atoms with E-state index in [9.17, 15) is 9.50 Å². The van der Waals surface area contributed by atoms with Crippen molar-refractivity contribution in [3.05, 3.63) is 95.8 Å². The molecule has 0 radical (unpaired) electrons. The number of hydrogen-bond acceptors (Lipinski definition) is 3. The third kappa shape index (κ3) is 4.10. The molecule has 3 aromatic rings. The summed E-state index contributed by atoms with van der Waals surface area (Å²) in [5.74, 6) is 0.243. The molecular formula is C27H29FN2O. The topological polar surface area (TPSA) is 26.7 Å². The number of anilines is 2. The van der Waals surface area contributed by atoms with Gasteiger partial charge in [0.1, 0.15) is 5.82 Å². The Labute approximate surface area is 183 Å². The Morgan fingerprint density at radius 3 is 2.48 bits per heavy atom. The minimum Gasteiger partial charge on any atom is -0.388 e. The number of para-hydroxylation sites is 2. The first-order chi connectivity index (χ1) is 15.2. The minimum absolute atomic E-state index is 0.264. The first-order valence-corrected chi connectivity index (χ1v) is 11.3. The Hall–Kier alpha value is -2.69. The van der Waals surface area contributed by atoms with Crippen molar-refractivity contribution in [2.45, 2.75) is 37.3 Å². The summed E-state index contributed by atoms with van der Waals surface area (Å²) in [4.78, 5) is 5.08. The molecule has 0 bridgehead atoms. The molecule has 2 aliphatic heterocycles. The Morgan fingerprint density at radius 2 is 1.68 bits per heavy atom. The first-order valence-electron chi connectivity index (χ1n) is 11.3. The van der Waals surface area contributed by atoms with Crippen LogP contribution in [0.15, 0.2) is 78.9 Å². The van der Waals surface area contributed by atoms with Crippen molar-refractivity contribution in [3.63, 3.8) is 0 Å². The molecule has 4 heteroatoms. The Morgan fingerprint density at radius 1 is 0.935 bits per heavy atom. The number of likely N-dealkylation sites (tertiary alicyclic amines) is 1. The smallest absolute Gasteiger partial charge is 0.123 e. The van der Waals surface area contributed by atoms with Gasteiger partial charge < -0.3 is 14.9 Å². The fraction of sp³-hybridized carbons (Fsp3) is 0.333. The minimum atomic E-state index is -0.529. The van der Waals surface area contributed by atoms with Crippen LogP contribution in [0.4, 0.5) is 15.8 Å². The molecule has 3 nitrogen and oxygen atoms in total. The van der Waals surface area contributed by atoms with Gasteiger partial charge in [0.05, 0.1) is 6.10 Å². The van der Waals surface area contributed by atoms with Crippen LogP contribution in [0, 0.1) is 5.82 Å². The van der Waals surface area contributed by atoms with Crippen LogP contribution in [0.1, 0.15) is 42.4 Å². The van der Waals surface area contributed by atoms with Gasteiger partial charge in [0.25, 0.3) is 0 Å². The van der Waals surface area contributed by atoms with Crippen molar-refractivity contribution >= 4 is 11.4 Å². The number of hydrogen-bond donors (Lipinski definition) is 1. The lowest BCUT2D eigenvalue weighted by Gasteiger charge is -2.39. The fourth-order valence-electron chi connectivity index (χ4n) is 5.30. The van der Waals surface area contributed by atoms with Gasteiger partial charge in [0.15, 0.2) is 0 Å². The number of benzene rings is 3. The van der Waals surface area contributed by atoms with Gasteiger partial charge in [-0.05, 0) is 67.3 Å². The lowest BCUT2D eigenvalue weighted by atomic mass is 9.89. The van der Waals surface area contributed by atoms with Crippen LogP contribution in [0.2, 0.25) is 0 Å². The lowest BCUT2D eigenvalue weighted by molar-refractivity contribution is 0.145. The summed E-state index contributed by atoms with van der Waals surface area (Å²) >= 11 is 0. The normalized spacial score (nSPS) is 21.5. The highest BCUT2D eigenvalue weighted by Crippen LogP contribution is 2.48. The maximum atomic E-state index is 13.1. The monoisotopic (exact) mass is 416 g/mol. The summed E-state index contributed by atoms with van der Waals surface area (Å²) in [6.07, 6.45) is 2.23. The van der Waals surface area contributed by atoms with Crippen molar-refractivity contribution in [2.24, 2.45) is 0 Å². The number of aliphatic hydroxyl groups is 1. The summed E-state index contributed by atoms with van der Waals surface area (Å²) in [6.45, 7) is 3.11. The third-order valence-electron chi connectivity index (χ3n) is 6.83. The molecule has 0 aliphatic carbocycles. The molecule has 1 unspecified atom stereocenters. The number of aliphatic hydroxyl groups excluding tert-OH is 1. The van der Waals surface area contributed by atoms with Gasteiger partial charge in [0, 0.05) is 36.4 Å². The highest BCUT2D eigenvalue weighted by molar-refractivity contribution is 5.72. The van der Waals surface area contributed by atoms with E-state index in [1.165, 1.54) is 29.1 Å². The Kier molecular flexibility index (Phi) is 5.75. The van der Waals surface area contributed by atoms with Crippen LogP contribution >= 0.6 is 0 Å². The van der Waals surface area contributed by atoms with E-state index in [4.69, 9.17) is 0 Å². The summed E-state index contributed by atoms with van der Waals surface area (Å²) in [7, 11) is 0. The van der Waals surface area contributed by atoms with Gasteiger partial charge in [-0.2, -0.15) is 0 Å². The number of fused-ring (bicyclic) bond motifs is 3. The standard InChI is InChI=1S/C27H29FN2O/c28-21-14-12-20(13-15-21)27(31)11-6-17-29-18-16-26-24(19-29)23-9-4-5-10-25(23)30(26)22-7-2-1-3-8-22/h1-5,7-10,12-15,24,26-27,31H,6,11,16-19H2/t24-,26-,27?/m0/s1. The molecule has 0 spiro atoms. The average molecular weight is 417 g/mol. The lowest BCUT2D eigenvalue weighted by Crippen LogP contribution is -2.45. The van der Waals surface area contributed by atoms with Crippen molar-refractivity contribution in [2.75, 3.05) is 24.5 Å². The van der Waals surface area contributed by atoms with Crippen molar-refractivity contribution in [3.8, 4) is 0 Å². The zero-order valence-electron chi connectivity index (χ0n) is 17.7. The predicted molar refractivity (Wildman–Crippen MR) is 123 cm³/mol. The molecule has 160 valence electrons. The van der Waals surface area contributed by atoms with Gasteiger partial charge in [-0.15, -0.1) is 0 Å². The zero-order valence-corrected chi connectivity index (χ0v) is 17.7.